The van der Waals surface area contributed by atoms with Crippen molar-refractivity contribution in [2.75, 3.05) is 6.54 Å². The number of carbonyl (C=O) groups excluding carboxylic acids is 2. The molecule has 0 bridgehead atoms. The lowest BCUT2D eigenvalue weighted by atomic mass is 9.77. The highest BCUT2D eigenvalue weighted by Gasteiger charge is 2.51. The minimum absolute atomic E-state index is 0.172. The molecule has 7 nitrogen and oxygen atoms in total. The van der Waals surface area contributed by atoms with E-state index in [1.165, 1.54) is 0 Å². The van der Waals surface area contributed by atoms with Crippen molar-refractivity contribution in [3.63, 3.8) is 0 Å². The summed E-state index contributed by atoms with van der Waals surface area (Å²) in [6, 6.07) is 5.43. The monoisotopic (exact) mass is 418 g/mol. The molecule has 1 heterocycles. The van der Waals surface area contributed by atoms with E-state index in [0.29, 0.717) is 12.1 Å². The first kappa shape index (κ1) is 24.2. The summed E-state index contributed by atoms with van der Waals surface area (Å²) in [7, 11) is -0.603. The van der Waals surface area contributed by atoms with Gasteiger partial charge in [0.05, 0.1) is 11.2 Å². The van der Waals surface area contributed by atoms with Crippen LogP contribution < -0.4 is 16.1 Å². The van der Waals surface area contributed by atoms with Gasteiger partial charge in [-0.3, -0.25) is 4.79 Å². The first-order valence-corrected chi connectivity index (χ1v) is 10.5. The Morgan fingerprint density at radius 3 is 2.17 bits per heavy atom. The summed E-state index contributed by atoms with van der Waals surface area (Å²) in [6.45, 7) is 16.2. The lowest BCUT2D eigenvalue weighted by Gasteiger charge is -2.32. The number of alkyl carbamates (subject to hydrolysis) is 1. The van der Waals surface area contributed by atoms with Gasteiger partial charge in [0.15, 0.2) is 0 Å². The third kappa shape index (κ3) is 6.22. The number of hydrogen-bond acceptors (Lipinski definition) is 5. The predicted molar refractivity (Wildman–Crippen MR) is 118 cm³/mol. The van der Waals surface area contributed by atoms with Crippen LogP contribution in [0, 0.1) is 0 Å². The van der Waals surface area contributed by atoms with Crippen molar-refractivity contribution in [2.24, 2.45) is 0 Å². The Hall–Kier alpha value is -2.06. The number of amides is 2. The van der Waals surface area contributed by atoms with Crippen LogP contribution in [0.3, 0.4) is 0 Å². The highest BCUT2D eigenvalue weighted by atomic mass is 16.7. The van der Waals surface area contributed by atoms with Gasteiger partial charge in [-0.1, -0.05) is 13.0 Å². The number of hydrogen-bond donors (Lipinski definition) is 2. The Balaban J connectivity index is 2.27. The molecule has 0 unspecified atom stereocenters. The molecular formula is C22H35BN2O5. The Morgan fingerprint density at radius 2 is 1.63 bits per heavy atom. The van der Waals surface area contributed by atoms with Crippen LogP contribution in [0.5, 0.6) is 0 Å². The van der Waals surface area contributed by atoms with Crippen molar-refractivity contribution in [3.05, 3.63) is 29.3 Å². The van der Waals surface area contributed by atoms with Crippen molar-refractivity contribution in [1.82, 2.24) is 10.6 Å². The predicted octanol–water partition coefficient (Wildman–Crippen LogP) is 3.15. The molecule has 2 amide bonds. The zero-order valence-electron chi connectivity index (χ0n) is 19.5. The topological polar surface area (TPSA) is 85.9 Å². The quantitative estimate of drug-likeness (QED) is 0.694. The highest BCUT2D eigenvalue weighted by Crippen LogP contribution is 2.36. The van der Waals surface area contributed by atoms with Crippen LogP contribution >= 0.6 is 0 Å². The van der Waals surface area contributed by atoms with E-state index in [-0.39, 0.29) is 12.5 Å². The fourth-order valence-corrected chi connectivity index (χ4v) is 2.90. The van der Waals surface area contributed by atoms with E-state index in [0.717, 1.165) is 17.4 Å². The van der Waals surface area contributed by atoms with E-state index in [9.17, 15) is 9.59 Å². The lowest BCUT2D eigenvalue weighted by Crippen LogP contribution is -2.41. The summed E-state index contributed by atoms with van der Waals surface area (Å²) in [6.07, 6.45) is 0.330. The second-order valence-corrected chi connectivity index (χ2v) is 9.66. The van der Waals surface area contributed by atoms with E-state index in [4.69, 9.17) is 14.0 Å². The molecule has 8 heteroatoms. The third-order valence-corrected chi connectivity index (χ3v) is 5.17. The zero-order valence-corrected chi connectivity index (χ0v) is 19.5. The lowest BCUT2D eigenvalue weighted by molar-refractivity contribution is 0.00578. The highest BCUT2D eigenvalue weighted by molar-refractivity contribution is 6.62. The largest absolute Gasteiger partial charge is 0.494 e. The Bertz CT molecular complexity index is 770. The molecule has 0 aromatic heterocycles. The molecule has 2 rings (SSSR count). The van der Waals surface area contributed by atoms with Crippen molar-refractivity contribution < 1.29 is 23.6 Å². The number of rotatable bonds is 6. The van der Waals surface area contributed by atoms with Gasteiger partial charge in [-0.15, -0.1) is 0 Å². The fourth-order valence-electron chi connectivity index (χ4n) is 2.90. The normalized spacial score (nSPS) is 17.5. The molecular weight excluding hydrogens is 383 g/mol. The first-order chi connectivity index (χ1) is 13.7. The van der Waals surface area contributed by atoms with Crippen molar-refractivity contribution in [3.8, 4) is 0 Å². The number of benzene rings is 1. The van der Waals surface area contributed by atoms with Crippen molar-refractivity contribution in [2.45, 2.75) is 85.2 Å². The molecule has 0 atom stereocenters. The molecule has 0 saturated carbocycles. The summed E-state index contributed by atoms with van der Waals surface area (Å²) in [5.41, 5.74) is 0.421. The average molecular weight is 418 g/mol. The zero-order chi connectivity index (χ0) is 22.7. The van der Waals surface area contributed by atoms with E-state index in [2.05, 4.69) is 10.6 Å². The molecule has 1 aromatic carbocycles. The van der Waals surface area contributed by atoms with Gasteiger partial charge in [-0.2, -0.15) is 0 Å². The van der Waals surface area contributed by atoms with Gasteiger partial charge in [0.2, 0.25) is 0 Å². The standard InChI is InChI=1S/C22H35BN2O5/c1-9-10-24-18(26)16-11-15(14-25-19(27)28-20(2,3)4)12-17(13-16)23-29-21(5,6)22(7,8)30-23/h11-13H,9-10,14H2,1-8H3,(H,24,26)(H,25,27). The Morgan fingerprint density at radius 1 is 1.03 bits per heavy atom. The van der Waals surface area contributed by atoms with E-state index >= 15 is 0 Å². The average Bonchev–Trinajstić information content (AvgIpc) is 2.84. The van der Waals surface area contributed by atoms with Gasteiger partial charge < -0.3 is 24.7 Å². The Labute approximate surface area is 180 Å². The number of ether oxygens (including phenoxy) is 1. The second kappa shape index (κ2) is 8.98. The minimum atomic E-state index is -0.603. The van der Waals surface area contributed by atoms with Crippen LogP contribution in [0.15, 0.2) is 18.2 Å². The van der Waals surface area contributed by atoms with Crippen molar-refractivity contribution >= 4 is 24.6 Å². The smallest absolute Gasteiger partial charge is 0.444 e. The molecule has 1 aliphatic rings. The molecule has 0 spiro atoms. The molecule has 0 radical (unpaired) electrons. The van der Waals surface area contributed by atoms with Crippen LogP contribution in [0.25, 0.3) is 0 Å². The molecule has 1 fully saturated rings. The van der Waals surface area contributed by atoms with Crippen molar-refractivity contribution in [1.29, 1.82) is 0 Å². The van der Waals surface area contributed by atoms with E-state index in [1.807, 2.05) is 61.5 Å². The number of nitrogens with one attached hydrogen (secondary N) is 2. The molecule has 1 aromatic rings. The third-order valence-electron chi connectivity index (χ3n) is 5.17. The molecule has 1 saturated heterocycles. The SMILES string of the molecule is CCCNC(=O)c1cc(CNC(=O)OC(C)(C)C)cc(B2OC(C)(C)C(C)(C)O2)c1. The summed E-state index contributed by atoms with van der Waals surface area (Å²) in [5, 5.41) is 5.63. The summed E-state index contributed by atoms with van der Waals surface area (Å²) >= 11 is 0. The van der Waals surface area contributed by atoms with Gasteiger partial charge in [0.25, 0.3) is 5.91 Å². The van der Waals surface area contributed by atoms with E-state index < -0.39 is 30.0 Å². The Kier molecular flexibility index (Phi) is 7.25. The molecule has 1 aliphatic heterocycles. The minimum Gasteiger partial charge on any atom is -0.444 e. The maximum atomic E-state index is 12.6. The summed E-state index contributed by atoms with van der Waals surface area (Å²) in [5.74, 6) is -0.172. The fraction of sp³-hybridized carbons (Fsp3) is 0.636. The molecule has 2 N–H and O–H groups in total. The van der Waals surface area contributed by atoms with Crippen LogP contribution in [-0.4, -0.2) is 42.5 Å². The first-order valence-electron chi connectivity index (χ1n) is 10.5. The maximum Gasteiger partial charge on any atom is 0.494 e. The molecule has 30 heavy (non-hydrogen) atoms. The summed E-state index contributed by atoms with van der Waals surface area (Å²) in [4.78, 5) is 24.6. The van der Waals surface area contributed by atoms with Gasteiger partial charge >= 0.3 is 13.2 Å². The van der Waals surface area contributed by atoms with E-state index in [1.54, 1.807) is 12.1 Å². The van der Waals surface area contributed by atoms with Crippen LogP contribution in [0.4, 0.5) is 4.79 Å². The van der Waals surface area contributed by atoms with Gasteiger partial charge in [0.1, 0.15) is 5.60 Å². The molecule has 0 aliphatic carbocycles. The van der Waals surface area contributed by atoms with Crippen LogP contribution in [-0.2, 0) is 20.6 Å². The second-order valence-electron chi connectivity index (χ2n) is 9.66. The maximum absolute atomic E-state index is 12.6. The van der Waals surface area contributed by atoms with Gasteiger partial charge in [0, 0.05) is 18.7 Å². The van der Waals surface area contributed by atoms with Gasteiger partial charge in [-0.05, 0) is 78.0 Å². The van der Waals surface area contributed by atoms with Crippen LogP contribution in [0.1, 0.15) is 77.7 Å². The summed E-state index contributed by atoms with van der Waals surface area (Å²) < 4.78 is 17.6. The number of carbonyl (C=O) groups is 2. The van der Waals surface area contributed by atoms with Gasteiger partial charge in [-0.25, -0.2) is 4.79 Å². The molecule has 166 valence electrons. The van der Waals surface area contributed by atoms with Crippen LogP contribution in [0.2, 0.25) is 0 Å².